The Kier molecular flexibility index (Phi) is 4.40. The van der Waals surface area contributed by atoms with E-state index in [-0.39, 0.29) is 23.1 Å². The summed E-state index contributed by atoms with van der Waals surface area (Å²) in [5.41, 5.74) is 0.245. The van der Waals surface area contributed by atoms with Crippen LogP contribution in [-0.4, -0.2) is 25.7 Å². The minimum Gasteiger partial charge on any atom is -0.409 e. The van der Waals surface area contributed by atoms with Crippen LogP contribution < -0.4 is 0 Å². The van der Waals surface area contributed by atoms with Crippen LogP contribution in [0.1, 0.15) is 31.3 Å². The number of Topliss-reactive ketones (excluding diaryl/α,β-unsaturated/α-hetero) is 1. The predicted octanol–water partition coefficient (Wildman–Crippen LogP) is 3.43. The van der Waals surface area contributed by atoms with Gasteiger partial charge in [-0.05, 0) is 30.3 Å². The van der Waals surface area contributed by atoms with Crippen LogP contribution in [0.2, 0.25) is 18.1 Å². The van der Waals surface area contributed by atoms with Gasteiger partial charge >= 0.3 is 0 Å². The van der Waals surface area contributed by atoms with Crippen LogP contribution in [0.4, 0.5) is 4.39 Å². The van der Waals surface area contributed by atoms with E-state index in [0.717, 1.165) is 6.20 Å². The summed E-state index contributed by atoms with van der Waals surface area (Å²) in [6, 6.07) is 2.61. The number of pyridine rings is 1. The van der Waals surface area contributed by atoms with Gasteiger partial charge in [0.1, 0.15) is 11.5 Å². The van der Waals surface area contributed by atoms with Gasteiger partial charge in [0.05, 0.1) is 12.8 Å². The van der Waals surface area contributed by atoms with Crippen molar-refractivity contribution < 1.29 is 13.6 Å². The van der Waals surface area contributed by atoms with Crippen molar-refractivity contribution in [1.82, 2.24) is 4.98 Å². The Balaban J connectivity index is 2.65. The number of rotatable bonds is 4. The third-order valence-corrected chi connectivity index (χ3v) is 7.86. The van der Waals surface area contributed by atoms with E-state index in [1.54, 1.807) is 0 Å². The highest BCUT2D eigenvalue weighted by molar-refractivity contribution is 6.74. The van der Waals surface area contributed by atoms with Crippen LogP contribution in [0.25, 0.3) is 0 Å². The summed E-state index contributed by atoms with van der Waals surface area (Å²) in [6.45, 7) is 10.5. The van der Waals surface area contributed by atoms with Crippen molar-refractivity contribution in [3.8, 4) is 0 Å². The van der Waals surface area contributed by atoms with Gasteiger partial charge in [-0.25, -0.2) is 9.37 Å². The fourth-order valence-corrected chi connectivity index (χ4v) is 2.00. The fraction of sp³-hybridized carbons (Fsp3) is 0.538. The molecule has 0 saturated heterocycles. The average Bonchev–Trinajstić information content (AvgIpc) is 2.25. The molecule has 0 bridgehead atoms. The molecule has 3 nitrogen and oxygen atoms in total. The summed E-state index contributed by atoms with van der Waals surface area (Å²) >= 11 is 0. The van der Waals surface area contributed by atoms with Crippen molar-refractivity contribution in [3.05, 3.63) is 29.8 Å². The molecule has 0 atom stereocenters. The van der Waals surface area contributed by atoms with Crippen molar-refractivity contribution >= 4 is 14.1 Å². The zero-order valence-electron chi connectivity index (χ0n) is 11.6. The summed E-state index contributed by atoms with van der Waals surface area (Å²) in [6.07, 6.45) is 1.04. The van der Waals surface area contributed by atoms with Crippen LogP contribution in [0, 0.1) is 5.82 Å². The van der Waals surface area contributed by atoms with Crippen LogP contribution in [0.5, 0.6) is 0 Å². The highest BCUT2D eigenvalue weighted by Crippen LogP contribution is 2.36. The largest absolute Gasteiger partial charge is 0.409 e. The molecule has 0 amide bonds. The van der Waals surface area contributed by atoms with Crippen molar-refractivity contribution in [3.63, 3.8) is 0 Å². The lowest BCUT2D eigenvalue weighted by atomic mass is 10.2. The molecule has 0 aliphatic heterocycles. The second kappa shape index (κ2) is 5.28. The van der Waals surface area contributed by atoms with Gasteiger partial charge in [0.15, 0.2) is 8.32 Å². The number of ketones is 1. The van der Waals surface area contributed by atoms with Gasteiger partial charge < -0.3 is 4.43 Å². The molecule has 5 heteroatoms. The molecule has 1 rings (SSSR count). The van der Waals surface area contributed by atoms with Gasteiger partial charge in [0.2, 0.25) is 5.78 Å². The third-order valence-electron chi connectivity index (χ3n) is 3.38. The Morgan fingerprint density at radius 2 is 2.00 bits per heavy atom. The molecule has 0 spiro atoms. The van der Waals surface area contributed by atoms with Crippen molar-refractivity contribution in [2.45, 2.75) is 38.9 Å². The van der Waals surface area contributed by atoms with Crippen molar-refractivity contribution in [2.75, 3.05) is 6.61 Å². The Bertz CT molecular complexity index is 424. The zero-order valence-corrected chi connectivity index (χ0v) is 12.6. The van der Waals surface area contributed by atoms with E-state index in [2.05, 4.69) is 38.8 Å². The lowest BCUT2D eigenvalue weighted by Gasteiger charge is -2.35. The molecule has 18 heavy (non-hydrogen) atoms. The highest BCUT2D eigenvalue weighted by Gasteiger charge is 2.37. The van der Waals surface area contributed by atoms with Gasteiger partial charge in [0.25, 0.3) is 0 Å². The second-order valence-corrected chi connectivity index (χ2v) is 10.6. The van der Waals surface area contributed by atoms with E-state index in [1.807, 2.05) is 0 Å². The van der Waals surface area contributed by atoms with E-state index >= 15 is 0 Å². The molecule has 0 aromatic carbocycles. The van der Waals surface area contributed by atoms with E-state index in [9.17, 15) is 9.18 Å². The molecule has 1 heterocycles. The van der Waals surface area contributed by atoms with E-state index in [4.69, 9.17) is 4.43 Å². The predicted molar refractivity (Wildman–Crippen MR) is 71.7 cm³/mol. The number of hydrogen-bond donors (Lipinski definition) is 0. The summed E-state index contributed by atoms with van der Waals surface area (Å²) < 4.78 is 18.5. The molecule has 0 aliphatic rings. The number of halogens is 1. The van der Waals surface area contributed by atoms with E-state index in [0.29, 0.717) is 0 Å². The molecule has 0 N–H and O–H groups in total. The monoisotopic (exact) mass is 269 g/mol. The molecule has 0 radical (unpaired) electrons. The SMILES string of the molecule is CC(C)(C)[Si](C)(C)OCC(=O)c1ccc(F)cn1. The number of hydrogen-bond acceptors (Lipinski definition) is 3. The van der Waals surface area contributed by atoms with Crippen LogP contribution >= 0.6 is 0 Å². The summed E-state index contributed by atoms with van der Waals surface area (Å²) in [5, 5.41) is 0.0590. The maximum atomic E-state index is 12.7. The number of carbonyl (C=O) groups excluding carboxylic acids is 1. The second-order valence-electron chi connectivity index (χ2n) is 5.83. The van der Waals surface area contributed by atoms with Crippen LogP contribution in [0.3, 0.4) is 0 Å². The average molecular weight is 269 g/mol. The number of aromatic nitrogens is 1. The Hall–Kier alpha value is -1.07. The Labute approximate surface area is 109 Å². The van der Waals surface area contributed by atoms with Gasteiger partial charge in [-0.15, -0.1) is 0 Å². The first-order valence-electron chi connectivity index (χ1n) is 5.92. The molecule has 1 aromatic heterocycles. The molecular weight excluding hydrogens is 249 g/mol. The molecule has 0 aliphatic carbocycles. The summed E-state index contributed by atoms with van der Waals surface area (Å²) in [5.74, 6) is -0.656. The van der Waals surface area contributed by atoms with Crippen molar-refractivity contribution in [2.24, 2.45) is 0 Å². The van der Waals surface area contributed by atoms with Gasteiger partial charge in [-0.1, -0.05) is 20.8 Å². The maximum Gasteiger partial charge on any atom is 0.205 e. The van der Waals surface area contributed by atoms with Crippen LogP contribution in [0.15, 0.2) is 18.3 Å². The van der Waals surface area contributed by atoms with Gasteiger partial charge in [-0.3, -0.25) is 4.79 Å². The molecule has 1 aromatic rings. The molecule has 0 unspecified atom stereocenters. The standard InChI is InChI=1S/C13H20FNO2Si/c1-13(2,3)18(4,5)17-9-12(16)11-7-6-10(14)8-15-11/h6-8H,9H2,1-5H3. The lowest BCUT2D eigenvalue weighted by molar-refractivity contribution is 0.0906. The van der Waals surface area contributed by atoms with E-state index < -0.39 is 14.1 Å². The Morgan fingerprint density at radius 3 is 2.44 bits per heavy atom. The summed E-state index contributed by atoms with van der Waals surface area (Å²) in [4.78, 5) is 15.6. The van der Waals surface area contributed by atoms with Crippen molar-refractivity contribution in [1.29, 1.82) is 0 Å². The minimum atomic E-state index is -1.93. The fourth-order valence-electron chi connectivity index (χ4n) is 1.08. The van der Waals surface area contributed by atoms with E-state index in [1.165, 1.54) is 12.1 Å². The summed E-state index contributed by atoms with van der Waals surface area (Å²) in [7, 11) is -1.93. The van der Waals surface area contributed by atoms with Crippen LogP contribution in [-0.2, 0) is 4.43 Å². The quantitative estimate of drug-likeness (QED) is 0.621. The maximum absolute atomic E-state index is 12.7. The molecular formula is C13H20FNO2Si. The topological polar surface area (TPSA) is 39.2 Å². The first-order valence-corrected chi connectivity index (χ1v) is 8.83. The molecule has 0 fully saturated rings. The number of nitrogens with zero attached hydrogens (tertiary/aromatic N) is 1. The molecule has 100 valence electrons. The normalized spacial score (nSPS) is 12.6. The Morgan fingerprint density at radius 1 is 1.39 bits per heavy atom. The third kappa shape index (κ3) is 3.71. The smallest absolute Gasteiger partial charge is 0.205 e. The number of carbonyl (C=O) groups is 1. The minimum absolute atomic E-state index is 0.00905. The van der Waals surface area contributed by atoms with Gasteiger partial charge in [-0.2, -0.15) is 0 Å². The first kappa shape index (κ1) is 15.0. The van der Waals surface area contributed by atoms with Gasteiger partial charge in [0, 0.05) is 0 Å². The highest BCUT2D eigenvalue weighted by atomic mass is 28.4. The first-order chi connectivity index (χ1) is 8.13. The molecule has 0 saturated carbocycles. The zero-order chi connectivity index (χ0) is 14.0. The lowest BCUT2D eigenvalue weighted by Crippen LogP contribution is -2.42.